The molecule has 2 aliphatic heterocycles. The van der Waals surface area contributed by atoms with Gasteiger partial charge in [-0.15, -0.1) is 0 Å². The predicted octanol–water partition coefficient (Wildman–Crippen LogP) is 1.20. The summed E-state index contributed by atoms with van der Waals surface area (Å²) >= 11 is 0. The van der Waals surface area contributed by atoms with Gasteiger partial charge in [0.15, 0.2) is 0 Å². The molecule has 0 saturated carbocycles. The molecule has 0 spiro atoms. The quantitative estimate of drug-likeness (QED) is 0.798. The molecule has 2 unspecified atom stereocenters. The average Bonchev–Trinajstić information content (AvgIpc) is 2.60. The fourth-order valence-corrected chi connectivity index (χ4v) is 3.54. The van der Waals surface area contributed by atoms with E-state index in [-0.39, 0.29) is 0 Å². The molecule has 1 N–H and O–H groups in total. The molecule has 1 aromatic carbocycles. The van der Waals surface area contributed by atoms with Crippen LogP contribution < -0.4 is 10.8 Å². The molecule has 2 saturated heterocycles. The Morgan fingerprint density at radius 1 is 1.28 bits per heavy atom. The predicted molar refractivity (Wildman–Crippen MR) is 76.3 cm³/mol. The van der Waals surface area contributed by atoms with Gasteiger partial charge >= 0.3 is 0 Å². The number of rotatable bonds is 3. The van der Waals surface area contributed by atoms with Crippen LogP contribution in [-0.4, -0.2) is 37.9 Å². The van der Waals surface area contributed by atoms with Crippen molar-refractivity contribution in [2.45, 2.75) is 50.4 Å². The van der Waals surface area contributed by atoms with E-state index in [4.69, 9.17) is 7.85 Å². The molecule has 2 heterocycles. The van der Waals surface area contributed by atoms with E-state index in [1.165, 1.54) is 31.2 Å². The molecule has 0 aromatic heterocycles. The van der Waals surface area contributed by atoms with Gasteiger partial charge in [-0.1, -0.05) is 29.7 Å². The largest absolute Gasteiger partial charge is 0.310 e. The zero-order chi connectivity index (χ0) is 12.5. The maximum absolute atomic E-state index is 5.81. The van der Waals surface area contributed by atoms with E-state index in [1.54, 1.807) is 0 Å². The van der Waals surface area contributed by atoms with Crippen molar-refractivity contribution in [2.24, 2.45) is 0 Å². The van der Waals surface area contributed by atoms with Crippen LogP contribution >= 0.6 is 0 Å². The van der Waals surface area contributed by atoms with Gasteiger partial charge in [0.05, 0.1) is 0 Å². The van der Waals surface area contributed by atoms with Crippen molar-refractivity contribution in [3.05, 3.63) is 29.8 Å². The summed E-state index contributed by atoms with van der Waals surface area (Å²) in [6.07, 6.45) is 5.37. The summed E-state index contributed by atoms with van der Waals surface area (Å²) in [4.78, 5) is 2.58. The minimum atomic E-state index is 0.681. The van der Waals surface area contributed by atoms with Crippen molar-refractivity contribution in [1.82, 2.24) is 10.2 Å². The Morgan fingerprint density at radius 3 is 2.67 bits per heavy atom. The van der Waals surface area contributed by atoms with Crippen LogP contribution in [0, 0.1) is 0 Å². The molecule has 18 heavy (non-hydrogen) atoms. The van der Waals surface area contributed by atoms with Crippen LogP contribution in [0.15, 0.2) is 24.3 Å². The number of hydrogen-bond acceptors (Lipinski definition) is 2. The summed E-state index contributed by atoms with van der Waals surface area (Å²) in [7, 11) is 8.09. The van der Waals surface area contributed by atoms with Crippen molar-refractivity contribution in [2.75, 3.05) is 7.05 Å². The first-order valence-electron chi connectivity index (χ1n) is 7.02. The molecular formula is C15H21BN2. The van der Waals surface area contributed by atoms with E-state index in [2.05, 4.69) is 29.4 Å². The number of benzene rings is 1. The third kappa shape index (κ3) is 2.48. The van der Waals surface area contributed by atoms with Gasteiger partial charge in [0.25, 0.3) is 0 Å². The molecular weight excluding hydrogens is 219 g/mol. The normalized spacial score (nSPS) is 31.7. The zero-order valence-electron chi connectivity index (χ0n) is 11.1. The van der Waals surface area contributed by atoms with Crippen molar-refractivity contribution in [1.29, 1.82) is 0 Å². The molecule has 2 aliphatic rings. The fourth-order valence-electron chi connectivity index (χ4n) is 3.54. The van der Waals surface area contributed by atoms with Gasteiger partial charge in [-0.05, 0) is 38.3 Å². The third-order valence-corrected chi connectivity index (χ3v) is 4.64. The topological polar surface area (TPSA) is 15.3 Å². The molecule has 0 amide bonds. The molecule has 2 bridgehead atoms. The Labute approximate surface area is 111 Å². The first kappa shape index (κ1) is 12.2. The minimum Gasteiger partial charge on any atom is -0.310 e. The molecule has 3 rings (SSSR count). The second-order valence-corrected chi connectivity index (χ2v) is 5.84. The van der Waals surface area contributed by atoms with Gasteiger partial charge in [0.1, 0.15) is 7.85 Å². The third-order valence-electron chi connectivity index (χ3n) is 4.64. The van der Waals surface area contributed by atoms with Gasteiger partial charge in [0, 0.05) is 24.7 Å². The summed E-state index contributed by atoms with van der Waals surface area (Å²) in [5.74, 6) is 0. The van der Waals surface area contributed by atoms with Crippen LogP contribution in [0.4, 0.5) is 0 Å². The highest BCUT2D eigenvalue weighted by Crippen LogP contribution is 2.34. The molecule has 0 aliphatic carbocycles. The van der Waals surface area contributed by atoms with Crippen LogP contribution in [0.2, 0.25) is 0 Å². The van der Waals surface area contributed by atoms with Crippen molar-refractivity contribution >= 4 is 13.3 Å². The second-order valence-electron chi connectivity index (χ2n) is 5.84. The molecule has 3 heteroatoms. The van der Waals surface area contributed by atoms with Crippen LogP contribution in [0.1, 0.15) is 31.2 Å². The summed E-state index contributed by atoms with van der Waals surface area (Å²) < 4.78 is 0. The lowest BCUT2D eigenvalue weighted by atomic mass is 9.94. The molecule has 94 valence electrons. The maximum Gasteiger partial charge on any atom is 0.113 e. The van der Waals surface area contributed by atoms with E-state index in [0.717, 1.165) is 24.1 Å². The highest BCUT2D eigenvalue weighted by Gasteiger charge is 2.37. The molecule has 1 aromatic rings. The van der Waals surface area contributed by atoms with E-state index < -0.39 is 0 Å². The Balaban J connectivity index is 1.55. The molecule has 2 radical (unpaired) electrons. The van der Waals surface area contributed by atoms with Crippen molar-refractivity contribution in [3.63, 3.8) is 0 Å². The highest BCUT2D eigenvalue weighted by atomic mass is 15.2. The molecule has 2 nitrogen and oxygen atoms in total. The summed E-state index contributed by atoms with van der Waals surface area (Å²) in [6, 6.07) is 10.5. The Hall–Kier alpha value is -0.795. The lowest BCUT2D eigenvalue weighted by Crippen LogP contribution is -2.47. The lowest BCUT2D eigenvalue weighted by molar-refractivity contribution is 0.148. The summed E-state index contributed by atoms with van der Waals surface area (Å²) in [6.45, 7) is 0.943. The van der Waals surface area contributed by atoms with Crippen molar-refractivity contribution in [3.8, 4) is 0 Å². The van der Waals surface area contributed by atoms with Crippen molar-refractivity contribution < 1.29 is 0 Å². The molecule has 2 fully saturated rings. The maximum atomic E-state index is 5.81. The van der Waals surface area contributed by atoms with Gasteiger partial charge in [0.2, 0.25) is 0 Å². The van der Waals surface area contributed by atoms with Crippen LogP contribution in [0.5, 0.6) is 0 Å². The standard InChI is InChI=1S/C15H21BN2/c1-18-14-5-6-15(18)9-13(8-14)17-10-11-3-2-4-12(16)7-11/h2-4,7,13-15,17H,5-6,8-10H2,1H3. The van der Waals surface area contributed by atoms with E-state index >= 15 is 0 Å². The Morgan fingerprint density at radius 2 is 2.00 bits per heavy atom. The zero-order valence-corrected chi connectivity index (χ0v) is 11.1. The van der Waals surface area contributed by atoms with E-state index in [9.17, 15) is 0 Å². The first-order valence-corrected chi connectivity index (χ1v) is 7.02. The molecule has 2 atom stereocenters. The average molecular weight is 240 g/mol. The van der Waals surface area contributed by atoms with Gasteiger partial charge in [-0.2, -0.15) is 0 Å². The minimum absolute atomic E-state index is 0.681. The van der Waals surface area contributed by atoms with Crippen LogP contribution in [0.3, 0.4) is 0 Å². The summed E-state index contributed by atoms with van der Waals surface area (Å²) in [5.41, 5.74) is 2.15. The van der Waals surface area contributed by atoms with Crippen LogP contribution in [0.25, 0.3) is 0 Å². The SMILES string of the molecule is [B]c1cccc(CNC2CC3CCC(C2)N3C)c1. The van der Waals surface area contributed by atoms with Gasteiger partial charge in [-0.25, -0.2) is 0 Å². The number of nitrogens with zero attached hydrogens (tertiary/aromatic N) is 1. The number of fused-ring (bicyclic) bond motifs is 2. The smallest absolute Gasteiger partial charge is 0.113 e. The highest BCUT2D eigenvalue weighted by molar-refractivity contribution is 6.32. The van der Waals surface area contributed by atoms with Gasteiger partial charge in [-0.3, -0.25) is 0 Å². The number of piperidine rings is 1. The van der Waals surface area contributed by atoms with E-state index in [0.29, 0.717) is 6.04 Å². The second kappa shape index (κ2) is 5.06. The Bertz CT molecular complexity index is 407. The summed E-state index contributed by atoms with van der Waals surface area (Å²) in [5, 5.41) is 3.70. The number of hydrogen-bond donors (Lipinski definition) is 1. The first-order chi connectivity index (χ1) is 8.72. The lowest BCUT2D eigenvalue weighted by Gasteiger charge is -2.36. The number of nitrogens with one attached hydrogen (secondary N) is 1. The van der Waals surface area contributed by atoms with Crippen LogP contribution in [-0.2, 0) is 6.54 Å². The monoisotopic (exact) mass is 240 g/mol. The van der Waals surface area contributed by atoms with E-state index in [1.807, 2.05) is 12.1 Å². The fraction of sp³-hybridized carbons (Fsp3) is 0.600. The Kier molecular flexibility index (Phi) is 3.44. The van der Waals surface area contributed by atoms with Gasteiger partial charge < -0.3 is 10.2 Å².